The maximum absolute atomic E-state index is 13.3. The van der Waals surface area contributed by atoms with Crippen LogP contribution in [0.25, 0.3) is 11.1 Å². The molecule has 8 heteroatoms. The van der Waals surface area contributed by atoms with Crippen LogP contribution in [0.2, 0.25) is 0 Å². The standard InChI is InChI=1S/C23H20N2O5S/c1-2-30-23(27)18-11-3-6-12-19(18)24-22(26)15-25-20-13-7-4-9-16(20)17-10-5-8-14-21(17)31(25,28)29/h3-14H,2,15H2,1H3,(H,24,26). The van der Waals surface area contributed by atoms with E-state index in [0.717, 1.165) is 9.87 Å². The molecule has 1 aliphatic rings. The Balaban J connectivity index is 1.66. The molecule has 31 heavy (non-hydrogen) atoms. The van der Waals surface area contributed by atoms with Crippen LogP contribution < -0.4 is 9.62 Å². The molecule has 0 fully saturated rings. The minimum Gasteiger partial charge on any atom is -0.462 e. The number of para-hydroxylation sites is 2. The second-order valence-corrected chi connectivity index (χ2v) is 8.67. The fraction of sp³-hybridized carbons (Fsp3) is 0.130. The van der Waals surface area contributed by atoms with Gasteiger partial charge < -0.3 is 10.1 Å². The van der Waals surface area contributed by atoms with Crippen molar-refractivity contribution >= 4 is 33.3 Å². The van der Waals surface area contributed by atoms with E-state index in [0.29, 0.717) is 11.3 Å². The Labute approximate surface area is 180 Å². The molecule has 0 bridgehead atoms. The van der Waals surface area contributed by atoms with Crippen molar-refractivity contribution in [3.63, 3.8) is 0 Å². The zero-order valence-corrected chi connectivity index (χ0v) is 17.6. The second-order valence-electron chi connectivity index (χ2n) is 6.84. The van der Waals surface area contributed by atoms with Gasteiger partial charge >= 0.3 is 5.97 Å². The van der Waals surface area contributed by atoms with Crippen molar-refractivity contribution in [3.05, 3.63) is 78.4 Å². The minimum absolute atomic E-state index is 0.147. The Hall–Kier alpha value is -3.65. The number of hydrogen-bond donors (Lipinski definition) is 1. The lowest BCUT2D eigenvalue weighted by Gasteiger charge is -2.31. The van der Waals surface area contributed by atoms with Gasteiger partial charge in [-0.15, -0.1) is 0 Å². The van der Waals surface area contributed by atoms with Gasteiger partial charge in [0.25, 0.3) is 10.0 Å². The highest BCUT2D eigenvalue weighted by atomic mass is 32.2. The van der Waals surface area contributed by atoms with Crippen LogP contribution in [0.15, 0.2) is 77.7 Å². The molecule has 1 heterocycles. The quantitative estimate of drug-likeness (QED) is 0.616. The molecule has 3 aromatic carbocycles. The summed E-state index contributed by atoms with van der Waals surface area (Å²) in [5.74, 6) is -1.14. The summed E-state index contributed by atoms with van der Waals surface area (Å²) in [5, 5.41) is 2.64. The molecular weight excluding hydrogens is 416 g/mol. The topological polar surface area (TPSA) is 92.8 Å². The molecule has 7 nitrogen and oxygen atoms in total. The Morgan fingerprint density at radius 2 is 1.55 bits per heavy atom. The molecule has 0 aliphatic carbocycles. The number of amides is 1. The average molecular weight is 436 g/mol. The zero-order chi connectivity index (χ0) is 22.0. The van der Waals surface area contributed by atoms with Crippen LogP contribution in [0, 0.1) is 0 Å². The molecule has 1 N–H and O–H groups in total. The first-order chi connectivity index (χ1) is 14.9. The summed E-state index contributed by atoms with van der Waals surface area (Å²) in [5.41, 5.74) is 2.21. The molecule has 0 saturated heterocycles. The Morgan fingerprint density at radius 3 is 2.32 bits per heavy atom. The summed E-state index contributed by atoms with van der Waals surface area (Å²) in [6, 6.07) is 20.2. The van der Waals surface area contributed by atoms with Crippen molar-refractivity contribution in [1.29, 1.82) is 0 Å². The third-order valence-electron chi connectivity index (χ3n) is 4.90. The van der Waals surface area contributed by atoms with Gasteiger partial charge in [-0.2, -0.15) is 0 Å². The fourth-order valence-electron chi connectivity index (χ4n) is 3.55. The molecule has 0 radical (unpaired) electrons. The molecule has 0 unspecified atom stereocenters. The zero-order valence-electron chi connectivity index (χ0n) is 16.7. The SMILES string of the molecule is CCOC(=O)c1ccccc1NC(=O)CN1c2ccccc2-c2ccccc2S1(=O)=O. The van der Waals surface area contributed by atoms with Crippen LogP contribution in [0.4, 0.5) is 11.4 Å². The smallest absolute Gasteiger partial charge is 0.340 e. The predicted octanol–water partition coefficient (Wildman–Crippen LogP) is 3.68. The number of esters is 1. The lowest BCUT2D eigenvalue weighted by atomic mass is 10.0. The van der Waals surface area contributed by atoms with Crippen LogP contribution in [0.5, 0.6) is 0 Å². The van der Waals surface area contributed by atoms with Crippen molar-refractivity contribution in [2.24, 2.45) is 0 Å². The molecule has 4 rings (SSSR count). The highest BCUT2D eigenvalue weighted by molar-refractivity contribution is 7.93. The van der Waals surface area contributed by atoms with Crippen LogP contribution in [0.1, 0.15) is 17.3 Å². The molecule has 1 amide bonds. The maximum Gasteiger partial charge on any atom is 0.340 e. The van der Waals surface area contributed by atoms with E-state index in [1.54, 1.807) is 55.5 Å². The molecule has 0 aromatic heterocycles. The first-order valence-corrected chi connectivity index (χ1v) is 11.1. The van der Waals surface area contributed by atoms with E-state index >= 15 is 0 Å². The Bertz CT molecular complexity index is 1270. The molecule has 3 aromatic rings. The number of nitrogens with zero attached hydrogens (tertiary/aromatic N) is 1. The van der Waals surface area contributed by atoms with E-state index in [9.17, 15) is 18.0 Å². The maximum atomic E-state index is 13.3. The first-order valence-electron chi connectivity index (χ1n) is 9.70. The van der Waals surface area contributed by atoms with Crippen molar-refractivity contribution in [3.8, 4) is 11.1 Å². The summed E-state index contributed by atoms with van der Waals surface area (Å²) >= 11 is 0. The number of sulfonamides is 1. The lowest BCUT2D eigenvalue weighted by Crippen LogP contribution is -2.40. The van der Waals surface area contributed by atoms with Crippen molar-refractivity contribution in [2.75, 3.05) is 22.8 Å². The third-order valence-corrected chi connectivity index (χ3v) is 6.72. The van der Waals surface area contributed by atoms with Gasteiger partial charge in [0.15, 0.2) is 0 Å². The normalized spacial score (nSPS) is 13.6. The number of nitrogens with one attached hydrogen (secondary N) is 1. The van der Waals surface area contributed by atoms with Gasteiger partial charge in [-0.05, 0) is 31.2 Å². The van der Waals surface area contributed by atoms with E-state index in [1.807, 2.05) is 12.1 Å². The van der Waals surface area contributed by atoms with Gasteiger partial charge in [0.1, 0.15) is 6.54 Å². The van der Waals surface area contributed by atoms with Crippen LogP contribution >= 0.6 is 0 Å². The Kier molecular flexibility index (Phi) is 5.48. The van der Waals surface area contributed by atoms with E-state index < -0.39 is 28.4 Å². The molecule has 1 aliphatic heterocycles. The summed E-state index contributed by atoms with van der Waals surface area (Å²) < 4.78 is 32.7. The fourth-order valence-corrected chi connectivity index (χ4v) is 5.20. The molecule has 0 saturated carbocycles. The minimum atomic E-state index is -3.94. The molecule has 158 valence electrons. The van der Waals surface area contributed by atoms with Crippen LogP contribution in [-0.2, 0) is 19.6 Å². The van der Waals surface area contributed by atoms with Gasteiger partial charge in [0.05, 0.1) is 28.4 Å². The third kappa shape index (κ3) is 3.77. The number of ether oxygens (including phenoxy) is 1. The second kappa shape index (κ2) is 8.23. The first kappa shape index (κ1) is 20.6. The number of rotatable bonds is 5. The number of fused-ring (bicyclic) bond motifs is 3. The number of anilines is 2. The van der Waals surface area contributed by atoms with E-state index in [-0.39, 0.29) is 22.8 Å². The van der Waals surface area contributed by atoms with Gasteiger partial charge in [-0.3, -0.25) is 9.10 Å². The predicted molar refractivity (Wildman–Crippen MR) is 117 cm³/mol. The molecule has 0 spiro atoms. The average Bonchev–Trinajstić information content (AvgIpc) is 2.77. The van der Waals surface area contributed by atoms with Crippen molar-refractivity contribution < 1.29 is 22.7 Å². The molecule has 0 atom stereocenters. The highest BCUT2D eigenvalue weighted by Crippen LogP contribution is 2.42. The van der Waals surface area contributed by atoms with E-state index in [4.69, 9.17) is 4.74 Å². The van der Waals surface area contributed by atoms with E-state index in [2.05, 4.69) is 5.32 Å². The number of benzene rings is 3. The van der Waals surface area contributed by atoms with Crippen molar-refractivity contribution in [2.45, 2.75) is 11.8 Å². The van der Waals surface area contributed by atoms with Gasteiger partial charge in [-0.1, -0.05) is 48.5 Å². The highest BCUT2D eigenvalue weighted by Gasteiger charge is 2.35. The largest absolute Gasteiger partial charge is 0.462 e. The van der Waals surface area contributed by atoms with Gasteiger partial charge in [-0.25, -0.2) is 13.2 Å². The summed E-state index contributed by atoms with van der Waals surface area (Å²) in [4.78, 5) is 25.2. The lowest BCUT2D eigenvalue weighted by molar-refractivity contribution is -0.114. The van der Waals surface area contributed by atoms with Gasteiger partial charge in [0, 0.05) is 11.1 Å². The summed E-state index contributed by atoms with van der Waals surface area (Å²) in [6.07, 6.45) is 0. The number of carbonyl (C=O) groups is 2. The van der Waals surface area contributed by atoms with E-state index in [1.165, 1.54) is 12.1 Å². The van der Waals surface area contributed by atoms with Gasteiger partial charge in [0.2, 0.25) is 5.91 Å². The van der Waals surface area contributed by atoms with Crippen molar-refractivity contribution in [1.82, 2.24) is 0 Å². The Morgan fingerprint density at radius 1 is 0.903 bits per heavy atom. The van der Waals surface area contributed by atoms with Crippen LogP contribution in [-0.4, -0.2) is 33.4 Å². The number of carbonyl (C=O) groups excluding carboxylic acids is 2. The monoisotopic (exact) mass is 436 g/mol. The summed E-state index contributed by atoms with van der Waals surface area (Å²) in [7, 11) is -3.94. The molecular formula is C23H20N2O5S. The summed E-state index contributed by atoms with van der Waals surface area (Å²) in [6.45, 7) is 1.45. The van der Waals surface area contributed by atoms with Crippen LogP contribution in [0.3, 0.4) is 0 Å². The number of hydrogen-bond acceptors (Lipinski definition) is 5.